The van der Waals surface area contributed by atoms with Gasteiger partial charge in [-0.25, -0.2) is 5.43 Å². The fourth-order valence-corrected chi connectivity index (χ4v) is 5.83. The number of likely N-dealkylation sites (tertiary alicyclic amines) is 1. The lowest BCUT2D eigenvalue weighted by Crippen LogP contribution is -2.70. The van der Waals surface area contributed by atoms with Crippen LogP contribution in [0.2, 0.25) is 0 Å². The summed E-state index contributed by atoms with van der Waals surface area (Å²) in [6.07, 6.45) is 2.23. The first-order chi connectivity index (χ1) is 16.9. The van der Waals surface area contributed by atoms with Gasteiger partial charge in [0.2, 0.25) is 0 Å². The Morgan fingerprint density at radius 3 is 2.63 bits per heavy atom. The van der Waals surface area contributed by atoms with E-state index in [1.54, 1.807) is 0 Å². The SMILES string of the molecule is CC1C(=O)NN=C2COc3cc(-c4ccccc4)c(N(C)C4(C)CN(C5CCOCC5)C4)cc3N21. The van der Waals surface area contributed by atoms with Gasteiger partial charge in [0.1, 0.15) is 18.4 Å². The van der Waals surface area contributed by atoms with Gasteiger partial charge in [-0.1, -0.05) is 30.3 Å². The van der Waals surface area contributed by atoms with Gasteiger partial charge in [0, 0.05) is 50.6 Å². The number of nitrogens with one attached hydrogen (secondary N) is 1. The van der Waals surface area contributed by atoms with Crippen LogP contribution < -0.4 is 20.0 Å². The van der Waals surface area contributed by atoms with Crippen molar-refractivity contribution in [2.45, 2.75) is 44.3 Å². The Hall–Kier alpha value is -3.10. The van der Waals surface area contributed by atoms with E-state index in [0.29, 0.717) is 12.6 Å². The first kappa shape index (κ1) is 22.4. The molecule has 4 heterocycles. The second-order valence-corrected chi connectivity index (χ2v) is 10.3. The molecule has 8 heteroatoms. The smallest absolute Gasteiger partial charge is 0.262 e. The summed E-state index contributed by atoms with van der Waals surface area (Å²) < 4.78 is 11.7. The first-order valence-corrected chi connectivity index (χ1v) is 12.5. The Bertz CT molecular complexity index is 1150. The van der Waals surface area contributed by atoms with Crippen molar-refractivity contribution in [1.29, 1.82) is 0 Å². The standard InChI is InChI=1S/C27H33N5O3/c1-18-26(33)29-28-25-15-35-24-13-21(19-7-5-4-6-8-19)22(14-23(24)32(18)25)30(3)27(2)16-31(17-27)20-9-11-34-12-10-20/h4-8,13-14,18,20H,9-12,15-17H2,1-3H3,(H,29,33). The topological polar surface area (TPSA) is 69.6 Å². The second-order valence-electron chi connectivity index (χ2n) is 10.3. The highest BCUT2D eigenvalue weighted by molar-refractivity contribution is 6.10. The van der Waals surface area contributed by atoms with Gasteiger partial charge in [-0.05, 0) is 44.4 Å². The molecule has 0 aromatic heterocycles. The van der Waals surface area contributed by atoms with Gasteiger partial charge in [-0.3, -0.25) is 9.69 Å². The third-order valence-corrected chi connectivity index (χ3v) is 8.08. The summed E-state index contributed by atoms with van der Waals surface area (Å²) in [6, 6.07) is 15.0. The van der Waals surface area contributed by atoms with Crippen LogP contribution in [-0.2, 0) is 9.53 Å². The molecule has 35 heavy (non-hydrogen) atoms. The first-order valence-electron chi connectivity index (χ1n) is 12.5. The third kappa shape index (κ3) is 3.76. The summed E-state index contributed by atoms with van der Waals surface area (Å²) in [5, 5.41) is 4.26. The van der Waals surface area contributed by atoms with E-state index in [4.69, 9.17) is 9.47 Å². The number of hydrazone groups is 1. The van der Waals surface area contributed by atoms with Crippen LogP contribution in [0.3, 0.4) is 0 Å². The van der Waals surface area contributed by atoms with Gasteiger partial charge in [0.25, 0.3) is 5.91 Å². The van der Waals surface area contributed by atoms with E-state index < -0.39 is 0 Å². The zero-order chi connectivity index (χ0) is 24.2. The van der Waals surface area contributed by atoms with Crippen molar-refractivity contribution < 1.29 is 14.3 Å². The van der Waals surface area contributed by atoms with Gasteiger partial charge in [-0.15, -0.1) is 0 Å². The van der Waals surface area contributed by atoms with E-state index in [2.05, 4.69) is 70.7 Å². The monoisotopic (exact) mass is 475 g/mol. The number of amides is 1. The minimum atomic E-state index is -0.353. The van der Waals surface area contributed by atoms with E-state index in [9.17, 15) is 4.79 Å². The maximum atomic E-state index is 12.4. The number of benzene rings is 2. The van der Waals surface area contributed by atoms with Crippen LogP contribution in [0.15, 0.2) is 47.6 Å². The maximum Gasteiger partial charge on any atom is 0.262 e. The van der Waals surface area contributed by atoms with Crippen LogP contribution in [0, 0.1) is 0 Å². The van der Waals surface area contributed by atoms with Crippen LogP contribution in [-0.4, -0.2) is 74.2 Å². The zero-order valence-electron chi connectivity index (χ0n) is 20.7. The number of hydrogen-bond donors (Lipinski definition) is 1. The highest BCUT2D eigenvalue weighted by atomic mass is 16.5. The van der Waals surface area contributed by atoms with Crippen molar-refractivity contribution in [3.8, 4) is 16.9 Å². The number of rotatable bonds is 4. The molecule has 0 bridgehead atoms. The molecule has 184 valence electrons. The molecular weight excluding hydrogens is 442 g/mol. The van der Waals surface area contributed by atoms with Crippen LogP contribution >= 0.6 is 0 Å². The highest BCUT2D eigenvalue weighted by Crippen LogP contribution is 2.46. The quantitative estimate of drug-likeness (QED) is 0.733. The van der Waals surface area contributed by atoms with Crippen LogP contribution in [0.4, 0.5) is 11.4 Å². The largest absolute Gasteiger partial charge is 0.483 e. The predicted molar refractivity (Wildman–Crippen MR) is 137 cm³/mol. The lowest BCUT2D eigenvalue weighted by molar-refractivity contribution is -0.122. The van der Waals surface area contributed by atoms with E-state index in [-0.39, 0.29) is 17.5 Å². The highest BCUT2D eigenvalue weighted by Gasteiger charge is 2.46. The summed E-state index contributed by atoms with van der Waals surface area (Å²) >= 11 is 0. The van der Waals surface area contributed by atoms with Crippen molar-refractivity contribution in [2.75, 3.05) is 49.8 Å². The molecule has 4 aliphatic heterocycles. The number of likely N-dealkylation sites (N-methyl/N-ethyl adjacent to an activating group) is 1. The molecule has 0 spiro atoms. The molecule has 0 radical (unpaired) electrons. The van der Waals surface area contributed by atoms with E-state index in [1.165, 1.54) is 0 Å². The third-order valence-electron chi connectivity index (χ3n) is 8.08. The number of carbonyl (C=O) groups excluding carboxylic acids is 1. The molecule has 1 unspecified atom stereocenters. The van der Waals surface area contributed by atoms with Crippen molar-refractivity contribution in [2.24, 2.45) is 5.10 Å². The Morgan fingerprint density at radius 1 is 1.14 bits per heavy atom. The average molecular weight is 476 g/mol. The summed E-state index contributed by atoms with van der Waals surface area (Å²) in [4.78, 5) is 19.5. The molecule has 1 amide bonds. The lowest BCUT2D eigenvalue weighted by Gasteiger charge is -2.57. The summed E-state index contributed by atoms with van der Waals surface area (Å²) in [7, 11) is 2.19. The van der Waals surface area contributed by atoms with E-state index >= 15 is 0 Å². The molecule has 2 aromatic carbocycles. The van der Waals surface area contributed by atoms with Gasteiger partial charge < -0.3 is 19.3 Å². The average Bonchev–Trinajstić information content (AvgIpc) is 2.88. The molecule has 1 atom stereocenters. The summed E-state index contributed by atoms with van der Waals surface area (Å²) in [5.41, 5.74) is 6.93. The molecular formula is C27H33N5O3. The van der Waals surface area contributed by atoms with Gasteiger partial charge in [-0.2, -0.15) is 5.10 Å². The van der Waals surface area contributed by atoms with Gasteiger partial charge >= 0.3 is 0 Å². The normalized spacial score (nSPS) is 23.9. The molecule has 0 aliphatic carbocycles. The molecule has 4 aliphatic rings. The second kappa shape index (κ2) is 8.53. The van der Waals surface area contributed by atoms with Crippen molar-refractivity contribution >= 4 is 23.1 Å². The number of amidine groups is 1. The molecule has 2 fully saturated rings. The maximum absolute atomic E-state index is 12.4. The fraction of sp³-hybridized carbons (Fsp3) is 0.481. The van der Waals surface area contributed by atoms with Crippen LogP contribution in [0.5, 0.6) is 5.75 Å². The fourth-order valence-electron chi connectivity index (χ4n) is 5.83. The van der Waals surface area contributed by atoms with Gasteiger partial charge in [0.15, 0.2) is 5.84 Å². The minimum absolute atomic E-state index is 0.00735. The predicted octanol–water partition coefficient (Wildman–Crippen LogP) is 3.07. The number of carbonyl (C=O) groups is 1. The zero-order valence-corrected chi connectivity index (χ0v) is 20.7. The number of ether oxygens (including phenoxy) is 2. The Kier molecular flexibility index (Phi) is 5.45. The molecule has 8 nitrogen and oxygen atoms in total. The van der Waals surface area contributed by atoms with Crippen molar-refractivity contribution in [3.63, 3.8) is 0 Å². The molecule has 0 saturated carbocycles. The van der Waals surface area contributed by atoms with Crippen LogP contribution in [0.1, 0.15) is 26.7 Å². The van der Waals surface area contributed by atoms with Crippen molar-refractivity contribution in [1.82, 2.24) is 10.3 Å². The molecule has 1 N–H and O–H groups in total. The van der Waals surface area contributed by atoms with Crippen molar-refractivity contribution in [3.05, 3.63) is 42.5 Å². The number of anilines is 2. The van der Waals surface area contributed by atoms with Gasteiger partial charge in [0.05, 0.1) is 11.2 Å². The molecule has 2 aromatic rings. The summed E-state index contributed by atoms with van der Waals surface area (Å²) in [5.74, 6) is 1.40. The van der Waals surface area contributed by atoms with E-state index in [1.807, 2.05) is 17.9 Å². The minimum Gasteiger partial charge on any atom is -0.483 e. The summed E-state index contributed by atoms with van der Waals surface area (Å²) in [6.45, 7) is 8.35. The lowest BCUT2D eigenvalue weighted by atomic mass is 9.85. The number of hydrogen-bond acceptors (Lipinski definition) is 7. The number of nitrogens with zero attached hydrogens (tertiary/aromatic N) is 4. The number of fused-ring (bicyclic) bond motifs is 3. The van der Waals surface area contributed by atoms with Crippen LogP contribution in [0.25, 0.3) is 11.1 Å². The Labute approximate surface area is 206 Å². The van der Waals surface area contributed by atoms with E-state index in [0.717, 1.165) is 73.2 Å². The Balaban J connectivity index is 1.39. The molecule has 6 rings (SSSR count). The Morgan fingerprint density at radius 2 is 1.89 bits per heavy atom. The molecule has 2 saturated heterocycles.